The van der Waals surface area contributed by atoms with Gasteiger partial charge in [0.05, 0.1) is 11.4 Å². The Hall–Kier alpha value is -2.36. The Morgan fingerprint density at radius 1 is 0.969 bits per heavy atom. The second-order valence-corrected chi connectivity index (χ2v) is 8.99. The highest BCUT2D eigenvalue weighted by Crippen LogP contribution is 2.20. The van der Waals surface area contributed by atoms with E-state index >= 15 is 0 Å². The van der Waals surface area contributed by atoms with Crippen molar-refractivity contribution in [2.75, 3.05) is 19.6 Å². The topological polar surface area (TPSA) is 39.1 Å². The van der Waals surface area contributed by atoms with Gasteiger partial charge in [0.15, 0.2) is 0 Å². The minimum Gasteiger partial charge on any atom is -0.384 e. The van der Waals surface area contributed by atoms with Gasteiger partial charge >= 0.3 is 0 Å². The van der Waals surface area contributed by atoms with Gasteiger partial charge in [-0.1, -0.05) is 61.5 Å². The standard InChI is InChI=1S/C19H27N3.C9H11Cl/c1-4-21-16(3)19(20)15(2)18-10-8-17(9-11-18)14-22-12-6-5-7-13-22;1-6-4-8(3)9(10)5-7(6)2/h8-11,20-21H,2-7,12-14H2,1H3;4-5H,1-3H3. The van der Waals surface area contributed by atoms with Crippen molar-refractivity contribution in [2.24, 2.45) is 0 Å². The van der Waals surface area contributed by atoms with Gasteiger partial charge in [0.25, 0.3) is 0 Å². The number of benzene rings is 2. The number of piperidine rings is 1. The molecule has 0 amide bonds. The maximum atomic E-state index is 8.13. The average molecular weight is 452 g/mol. The summed E-state index contributed by atoms with van der Waals surface area (Å²) in [6.45, 7) is 20.3. The Bertz CT molecular complexity index is 888. The van der Waals surface area contributed by atoms with Crippen molar-refractivity contribution >= 4 is 22.9 Å². The molecule has 1 aliphatic heterocycles. The Morgan fingerprint density at radius 3 is 2.12 bits per heavy atom. The highest BCUT2D eigenvalue weighted by Gasteiger charge is 2.12. The monoisotopic (exact) mass is 451 g/mol. The molecule has 1 aliphatic rings. The molecule has 3 rings (SSSR count). The maximum absolute atomic E-state index is 8.13. The lowest BCUT2D eigenvalue weighted by molar-refractivity contribution is 0.221. The minimum atomic E-state index is 0.380. The van der Waals surface area contributed by atoms with E-state index in [0.717, 1.165) is 34.8 Å². The number of aryl methyl sites for hydroxylation is 3. The zero-order valence-corrected chi connectivity index (χ0v) is 20.9. The summed E-state index contributed by atoms with van der Waals surface area (Å²) in [4.78, 5) is 2.52. The molecule has 2 aromatic carbocycles. The van der Waals surface area contributed by atoms with Gasteiger partial charge in [-0.25, -0.2) is 0 Å². The Balaban J connectivity index is 0.000000303. The smallest absolute Gasteiger partial charge is 0.0837 e. The van der Waals surface area contributed by atoms with Gasteiger partial charge in [-0.3, -0.25) is 10.3 Å². The van der Waals surface area contributed by atoms with Gasteiger partial charge in [-0.05, 0) is 87.5 Å². The molecule has 1 saturated heterocycles. The van der Waals surface area contributed by atoms with Gasteiger partial charge < -0.3 is 5.32 Å². The van der Waals surface area contributed by atoms with Crippen LogP contribution in [0.4, 0.5) is 0 Å². The largest absolute Gasteiger partial charge is 0.384 e. The fraction of sp³-hybridized carbons (Fsp3) is 0.393. The summed E-state index contributed by atoms with van der Waals surface area (Å²) >= 11 is 5.89. The molecule has 4 heteroatoms. The molecule has 32 heavy (non-hydrogen) atoms. The first-order chi connectivity index (χ1) is 15.2. The van der Waals surface area contributed by atoms with Crippen LogP contribution in [-0.4, -0.2) is 30.2 Å². The summed E-state index contributed by atoms with van der Waals surface area (Å²) in [6, 6.07) is 12.5. The van der Waals surface area contributed by atoms with E-state index in [4.69, 9.17) is 17.0 Å². The molecule has 0 unspecified atom stereocenters. The van der Waals surface area contributed by atoms with Gasteiger partial charge in [0.2, 0.25) is 0 Å². The van der Waals surface area contributed by atoms with E-state index in [2.05, 4.69) is 67.6 Å². The Labute approximate surface area is 199 Å². The van der Waals surface area contributed by atoms with Gasteiger partial charge in [0.1, 0.15) is 0 Å². The molecular weight excluding hydrogens is 414 g/mol. The second-order valence-electron chi connectivity index (χ2n) is 8.58. The molecule has 0 radical (unpaired) electrons. The van der Waals surface area contributed by atoms with Crippen LogP contribution in [0.2, 0.25) is 5.02 Å². The predicted molar refractivity (Wildman–Crippen MR) is 141 cm³/mol. The van der Waals surface area contributed by atoms with E-state index in [1.807, 2.05) is 19.9 Å². The summed E-state index contributed by atoms with van der Waals surface area (Å²) in [5.41, 5.74) is 7.77. The van der Waals surface area contributed by atoms with Crippen LogP contribution in [0.3, 0.4) is 0 Å². The van der Waals surface area contributed by atoms with E-state index in [1.165, 1.54) is 49.0 Å². The molecule has 172 valence electrons. The number of hydrogen-bond donors (Lipinski definition) is 2. The fourth-order valence-corrected chi connectivity index (χ4v) is 3.96. The molecule has 3 nitrogen and oxygen atoms in total. The molecule has 0 aliphatic carbocycles. The van der Waals surface area contributed by atoms with Crippen LogP contribution in [0.5, 0.6) is 0 Å². The van der Waals surface area contributed by atoms with E-state index in [-0.39, 0.29) is 0 Å². The molecular formula is C28H38ClN3. The molecule has 0 spiro atoms. The number of rotatable bonds is 7. The van der Waals surface area contributed by atoms with Crippen molar-refractivity contribution in [3.63, 3.8) is 0 Å². The third-order valence-electron chi connectivity index (χ3n) is 5.93. The summed E-state index contributed by atoms with van der Waals surface area (Å²) in [6.07, 6.45) is 4.00. The lowest BCUT2D eigenvalue weighted by Crippen LogP contribution is -2.29. The highest BCUT2D eigenvalue weighted by molar-refractivity contribution is 6.31. The number of likely N-dealkylation sites (tertiary alicyclic amines) is 1. The number of halogens is 1. The Morgan fingerprint density at radius 2 is 1.56 bits per heavy atom. The molecule has 0 atom stereocenters. The van der Waals surface area contributed by atoms with Crippen LogP contribution in [0.15, 0.2) is 55.3 Å². The highest BCUT2D eigenvalue weighted by atomic mass is 35.5. The first-order valence-electron chi connectivity index (χ1n) is 11.5. The normalized spacial score (nSPS) is 13.7. The zero-order valence-electron chi connectivity index (χ0n) is 20.2. The van der Waals surface area contributed by atoms with Crippen molar-refractivity contribution < 1.29 is 0 Å². The van der Waals surface area contributed by atoms with Crippen LogP contribution < -0.4 is 5.32 Å². The lowest BCUT2D eigenvalue weighted by Gasteiger charge is -2.26. The fourth-order valence-electron chi connectivity index (χ4n) is 3.74. The van der Waals surface area contributed by atoms with Crippen molar-refractivity contribution in [1.29, 1.82) is 5.41 Å². The summed E-state index contributed by atoms with van der Waals surface area (Å²) in [5, 5.41) is 12.1. The minimum absolute atomic E-state index is 0.380. The van der Waals surface area contributed by atoms with Crippen LogP contribution in [0.25, 0.3) is 5.57 Å². The lowest BCUT2D eigenvalue weighted by atomic mass is 9.99. The van der Waals surface area contributed by atoms with Gasteiger partial charge in [-0.2, -0.15) is 0 Å². The summed E-state index contributed by atoms with van der Waals surface area (Å²) < 4.78 is 0. The summed E-state index contributed by atoms with van der Waals surface area (Å²) in [7, 11) is 0. The van der Waals surface area contributed by atoms with Gasteiger partial charge in [0, 0.05) is 23.7 Å². The molecule has 1 fully saturated rings. The van der Waals surface area contributed by atoms with Crippen molar-refractivity contribution in [3.05, 3.63) is 88.1 Å². The second kappa shape index (κ2) is 12.6. The number of hydrogen-bond acceptors (Lipinski definition) is 3. The molecule has 2 aromatic rings. The van der Waals surface area contributed by atoms with Crippen molar-refractivity contribution in [3.8, 4) is 0 Å². The zero-order chi connectivity index (χ0) is 23.7. The van der Waals surface area contributed by atoms with Crippen LogP contribution in [0.1, 0.15) is 54.0 Å². The van der Waals surface area contributed by atoms with Crippen LogP contribution in [0, 0.1) is 26.2 Å². The first-order valence-corrected chi connectivity index (χ1v) is 11.9. The molecule has 1 heterocycles. The molecule has 0 saturated carbocycles. The average Bonchev–Trinajstić information content (AvgIpc) is 2.78. The van der Waals surface area contributed by atoms with Gasteiger partial charge in [-0.15, -0.1) is 0 Å². The Kier molecular flexibility index (Phi) is 10.2. The number of nitrogens with one attached hydrogen (secondary N) is 2. The van der Waals surface area contributed by atoms with E-state index in [9.17, 15) is 0 Å². The van der Waals surface area contributed by atoms with Crippen LogP contribution in [-0.2, 0) is 6.54 Å². The van der Waals surface area contributed by atoms with Crippen molar-refractivity contribution in [1.82, 2.24) is 10.2 Å². The first kappa shape index (κ1) is 25.9. The van der Waals surface area contributed by atoms with Crippen LogP contribution >= 0.6 is 11.6 Å². The number of nitrogens with zero attached hydrogens (tertiary/aromatic N) is 1. The number of allylic oxidation sites excluding steroid dienone is 1. The third kappa shape index (κ3) is 7.65. The summed E-state index contributed by atoms with van der Waals surface area (Å²) in [5.74, 6) is 0. The van der Waals surface area contributed by atoms with E-state index in [0.29, 0.717) is 11.4 Å². The molecule has 0 bridgehead atoms. The predicted octanol–water partition coefficient (Wildman–Crippen LogP) is 7.09. The quantitative estimate of drug-likeness (QED) is 0.441. The third-order valence-corrected chi connectivity index (χ3v) is 6.33. The van der Waals surface area contributed by atoms with Crippen molar-refractivity contribution in [2.45, 2.75) is 53.5 Å². The SMILES string of the molecule is C=C(NCC)C(=N)C(=C)c1ccc(CN2CCCCC2)cc1.Cc1cc(C)c(Cl)cc1C. The van der Waals surface area contributed by atoms with E-state index in [1.54, 1.807) is 0 Å². The van der Waals surface area contributed by atoms with E-state index < -0.39 is 0 Å². The maximum Gasteiger partial charge on any atom is 0.0837 e. The molecule has 2 N–H and O–H groups in total. The molecule has 0 aromatic heterocycles.